The van der Waals surface area contributed by atoms with Gasteiger partial charge in [0.1, 0.15) is 17.2 Å². The van der Waals surface area contributed by atoms with E-state index >= 15 is 0 Å². The second-order valence-electron chi connectivity index (χ2n) is 5.97. The molecule has 3 aromatic rings. The highest BCUT2D eigenvalue weighted by Crippen LogP contribution is 2.24. The van der Waals surface area contributed by atoms with E-state index in [9.17, 15) is 13.0 Å². The van der Waals surface area contributed by atoms with E-state index in [1.54, 1.807) is 26.4 Å². The zero-order chi connectivity index (χ0) is 20.0. The molecule has 0 unspecified atom stereocenters. The number of ether oxygens (including phenoxy) is 2. The lowest BCUT2D eigenvalue weighted by atomic mass is 10.1. The highest BCUT2D eigenvalue weighted by atomic mass is 32.2. The van der Waals surface area contributed by atoms with E-state index in [2.05, 4.69) is 16.7 Å². The van der Waals surface area contributed by atoms with Crippen LogP contribution < -0.4 is 4.57 Å². The highest BCUT2D eigenvalue weighted by Gasteiger charge is 2.16. The summed E-state index contributed by atoms with van der Waals surface area (Å²) >= 11 is 0. The van der Waals surface area contributed by atoms with Gasteiger partial charge in [0.05, 0.1) is 10.3 Å². The standard InChI is InChI=1S/C13H16NO2.C7H8O3S/c1-14-9-8-11(13(15-2)16-3)10-6-4-5-7-12(10)14;1-6-2-4-7(5-3-6)11(8,9)10/h4-9,13H,1-3H3;2-5H,1H3,(H,8,9,10)/q+1;/p-1. The van der Waals surface area contributed by atoms with E-state index in [0.717, 1.165) is 16.5 Å². The average Bonchev–Trinajstić information content (AvgIpc) is 2.65. The van der Waals surface area contributed by atoms with Crippen molar-refractivity contribution in [3.8, 4) is 0 Å². The molecule has 0 aliphatic heterocycles. The Balaban J connectivity index is 0.000000208. The zero-order valence-electron chi connectivity index (χ0n) is 15.7. The Morgan fingerprint density at radius 1 is 0.963 bits per heavy atom. The van der Waals surface area contributed by atoms with E-state index in [-0.39, 0.29) is 11.2 Å². The van der Waals surface area contributed by atoms with Gasteiger partial charge in [0.25, 0.3) is 0 Å². The number of aryl methyl sites for hydroxylation is 2. The molecule has 0 radical (unpaired) electrons. The number of pyridine rings is 1. The second-order valence-corrected chi connectivity index (χ2v) is 7.35. The summed E-state index contributed by atoms with van der Waals surface area (Å²) in [4.78, 5) is -0.178. The summed E-state index contributed by atoms with van der Waals surface area (Å²) < 4.78 is 43.9. The Kier molecular flexibility index (Phi) is 7.04. The van der Waals surface area contributed by atoms with Gasteiger partial charge in [-0.1, -0.05) is 29.8 Å². The third kappa shape index (κ3) is 5.33. The number of para-hydroxylation sites is 1. The molecule has 6 nitrogen and oxygen atoms in total. The van der Waals surface area contributed by atoms with Crippen LogP contribution in [0.5, 0.6) is 0 Å². The molecule has 27 heavy (non-hydrogen) atoms. The van der Waals surface area contributed by atoms with Gasteiger partial charge < -0.3 is 14.0 Å². The molecule has 0 N–H and O–H groups in total. The van der Waals surface area contributed by atoms with E-state index < -0.39 is 10.1 Å². The van der Waals surface area contributed by atoms with Crippen molar-refractivity contribution in [1.82, 2.24) is 0 Å². The summed E-state index contributed by atoms with van der Waals surface area (Å²) in [6.45, 7) is 1.82. The molecule has 7 heteroatoms. The maximum atomic E-state index is 10.4. The summed E-state index contributed by atoms with van der Waals surface area (Å²) in [6, 6.07) is 16.0. The Hall–Kier alpha value is -2.32. The molecule has 0 fully saturated rings. The number of hydrogen-bond acceptors (Lipinski definition) is 5. The molecule has 0 atom stereocenters. The van der Waals surface area contributed by atoms with Gasteiger partial charge in [-0.2, -0.15) is 0 Å². The predicted molar refractivity (Wildman–Crippen MR) is 101 cm³/mol. The quantitative estimate of drug-likeness (QED) is 0.389. The number of methoxy groups -OCH3 is 2. The van der Waals surface area contributed by atoms with Crippen LogP contribution in [0, 0.1) is 6.92 Å². The molecule has 0 bridgehead atoms. The van der Waals surface area contributed by atoms with Crippen LogP contribution in [0.2, 0.25) is 0 Å². The van der Waals surface area contributed by atoms with Crippen LogP contribution in [0.4, 0.5) is 0 Å². The van der Waals surface area contributed by atoms with Gasteiger partial charge in [-0.25, -0.2) is 13.0 Å². The smallest absolute Gasteiger partial charge is 0.212 e. The minimum absolute atomic E-state index is 0.178. The molecule has 0 spiro atoms. The Bertz CT molecular complexity index is 997. The van der Waals surface area contributed by atoms with Gasteiger partial charge in [0, 0.05) is 31.9 Å². The van der Waals surface area contributed by atoms with Gasteiger partial charge in [0.2, 0.25) is 5.52 Å². The molecule has 1 aromatic heterocycles. The number of rotatable bonds is 4. The minimum atomic E-state index is -4.27. The number of aromatic nitrogens is 1. The Labute approximate surface area is 159 Å². The normalized spacial score (nSPS) is 11.3. The van der Waals surface area contributed by atoms with Crippen molar-refractivity contribution >= 4 is 21.0 Å². The van der Waals surface area contributed by atoms with Crippen molar-refractivity contribution in [2.75, 3.05) is 14.2 Å². The Morgan fingerprint density at radius 2 is 1.56 bits per heavy atom. The summed E-state index contributed by atoms with van der Waals surface area (Å²) in [5, 5.41) is 1.15. The maximum Gasteiger partial charge on any atom is 0.212 e. The van der Waals surface area contributed by atoms with Crippen molar-refractivity contribution in [3.05, 3.63) is 71.9 Å². The summed E-state index contributed by atoms with van der Waals surface area (Å²) in [5.41, 5.74) is 3.15. The molecule has 0 aliphatic rings. The van der Waals surface area contributed by atoms with E-state index in [1.165, 1.54) is 17.6 Å². The molecule has 144 valence electrons. The molecular formula is C20H23NO5S. The number of hydrogen-bond donors (Lipinski definition) is 0. The number of benzene rings is 2. The topological polar surface area (TPSA) is 79.5 Å². The predicted octanol–water partition coefficient (Wildman–Crippen LogP) is 2.85. The van der Waals surface area contributed by atoms with Crippen LogP contribution in [0.1, 0.15) is 17.4 Å². The molecular weight excluding hydrogens is 366 g/mol. The summed E-state index contributed by atoms with van der Waals surface area (Å²) in [7, 11) is 1.06. The fourth-order valence-electron chi connectivity index (χ4n) is 2.65. The van der Waals surface area contributed by atoms with Crippen LogP contribution in [0.25, 0.3) is 10.9 Å². The largest absolute Gasteiger partial charge is 0.744 e. The molecule has 0 saturated carbocycles. The lowest BCUT2D eigenvalue weighted by molar-refractivity contribution is -0.645. The van der Waals surface area contributed by atoms with Crippen LogP contribution in [-0.2, 0) is 26.6 Å². The molecule has 0 saturated heterocycles. The van der Waals surface area contributed by atoms with Crippen molar-refractivity contribution in [2.45, 2.75) is 18.1 Å². The van der Waals surface area contributed by atoms with Gasteiger partial charge in [-0.3, -0.25) is 0 Å². The number of nitrogens with zero attached hydrogens (tertiary/aromatic N) is 1. The molecule has 2 aromatic carbocycles. The molecule has 0 amide bonds. The lowest BCUT2D eigenvalue weighted by Crippen LogP contribution is -2.28. The third-order valence-electron chi connectivity index (χ3n) is 4.06. The second kappa shape index (κ2) is 9.05. The highest BCUT2D eigenvalue weighted by molar-refractivity contribution is 7.85. The van der Waals surface area contributed by atoms with E-state index in [0.29, 0.717) is 0 Å². The van der Waals surface area contributed by atoms with Crippen molar-refractivity contribution < 1.29 is 27.0 Å². The lowest BCUT2D eigenvalue weighted by Gasteiger charge is -2.14. The first-order valence-corrected chi connectivity index (χ1v) is 9.64. The first-order valence-electron chi connectivity index (χ1n) is 8.23. The van der Waals surface area contributed by atoms with Crippen molar-refractivity contribution in [2.24, 2.45) is 7.05 Å². The fourth-order valence-corrected chi connectivity index (χ4v) is 3.12. The van der Waals surface area contributed by atoms with Crippen LogP contribution in [-0.4, -0.2) is 27.2 Å². The first-order chi connectivity index (χ1) is 12.8. The van der Waals surface area contributed by atoms with E-state index in [4.69, 9.17) is 9.47 Å². The van der Waals surface area contributed by atoms with Gasteiger partial charge in [-0.15, -0.1) is 0 Å². The maximum absolute atomic E-state index is 10.4. The summed E-state index contributed by atoms with van der Waals surface area (Å²) in [6.07, 6.45) is 1.70. The third-order valence-corrected chi connectivity index (χ3v) is 4.91. The first kappa shape index (κ1) is 21.0. The SMILES string of the molecule is COC(OC)c1cc[n+](C)c2ccccc12.Cc1ccc(S(=O)(=O)[O-])cc1. The van der Waals surface area contributed by atoms with Crippen LogP contribution >= 0.6 is 0 Å². The van der Waals surface area contributed by atoms with Crippen molar-refractivity contribution in [1.29, 1.82) is 0 Å². The molecule has 3 rings (SSSR count). The summed E-state index contributed by atoms with van der Waals surface area (Å²) in [5.74, 6) is 0. The molecule has 0 aliphatic carbocycles. The monoisotopic (exact) mass is 389 g/mol. The van der Waals surface area contributed by atoms with Gasteiger partial charge >= 0.3 is 0 Å². The molecule has 1 heterocycles. The minimum Gasteiger partial charge on any atom is -0.744 e. The van der Waals surface area contributed by atoms with Crippen LogP contribution in [0.15, 0.2) is 65.7 Å². The average molecular weight is 389 g/mol. The van der Waals surface area contributed by atoms with Crippen LogP contribution in [0.3, 0.4) is 0 Å². The van der Waals surface area contributed by atoms with Gasteiger partial charge in [-0.05, 0) is 25.1 Å². The number of fused-ring (bicyclic) bond motifs is 1. The van der Waals surface area contributed by atoms with E-state index in [1.807, 2.05) is 38.4 Å². The Morgan fingerprint density at radius 3 is 2.11 bits per heavy atom. The fraction of sp³-hybridized carbons (Fsp3) is 0.250. The van der Waals surface area contributed by atoms with Crippen molar-refractivity contribution in [3.63, 3.8) is 0 Å². The zero-order valence-corrected chi connectivity index (χ0v) is 16.6. The van der Waals surface area contributed by atoms with Gasteiger partial charge in [0.15, 0.2) is 12.5 Å².